The van der Waals surface area contributed by atoms with Gasteiger partial charge in [0, 0.05) is 29.9 Å². The molecule has 1 aliphatic rings. The number of nitrogens with zero attached hydrogens (tertiary/aromatic N) is 3. The van der Waals surface area contributed by atoms with E-state index in [0.717, 1.165) is 47.5 Å². The summed E-state index contributed by atoms with van der Waals surface area (Å²) in [7, 11) is 0. The van der Waals surface area contributed by atoms with Gasteiger partial charge in [0.1, 0.15) is 11.3 Å². The highest BCUT2D eigenvalue weighted by Crippen LogP contribution is 2.32. The van der Waals surface area contributed by atoms with Crippen LogP contribution in [0.4, 0.5) is 0 Å². The third kappa shape index (κ3) is 2.51. The first-order chi connectivity index (χ1) is 9.16. The second-order valence-corrected chi connectivity index (χ2v) is 6.37. The Bertz CT molecular complexity index is 593. The van der Waals surface area contributed by atoms with Gasteiger partial charge in [-0.25, -0.2) is 9.97 Å². The topological polar surface area (TPSA) is 39.9 Å². The number of imidazole rings is 1. The fourth-order valence-corrected chi connectivity index (χ4v) is 3.03. The van der Waals surface area contributed by atoms with Crippen molar-refractivity contribution in [2.24, 2.45) is 0 Å². The van der Waals surface area contributed by atoms with Crippen LogP contribution in [0.5, 0.6) is 0 Å². The van der Waals surface area contributed by atoms with Crippen LogP contribution < -0.4 is 0 Å². The highest BCUT2D eigenvalue weighted by atomic mass is 79.9. The number of fused-ring (bicyclic) bond motifs is 1. The van der Waals surface area contributed by atoms with E-state index in [1.165, 1.54) is 0 Å². The van der Waals surface area contributed by atoms with Crippen LogP contribution in [0.15, 0.2) is 16.7 Å². The highest BCUT2D eigenvalue weighted by Gasteiger charge is 2.24. The Morgan fingerprint density at radius 2 is 2.21 bits per heavy atom. The molecule has 102 valence electrons. The SMILES string of the molecule is CC(Cl)c1nc2cc(Br)cnc2n1C1CCOCC1. The number of pyridine rings is 1. The van der Waals surface area contributed by atoms with E-state index in [-0.39, 0.29) is 5.38 Å². The molecule has 19 heavy (non-hydrogen) atoms. The Balaban J connectivity index is 2.15. The van der Waals surface area contributed by atoms with Crippen molar-refractivity contribution in [2.45, 2.75) is 31.2 Å². The Labute approximate surface area is 125 Å². The van der Waals surface area contributed by atoms with E-state index in [0.29, 0.717) is 6.04 Å². The molecule has 0 aliphatic carbocycles. The molecule has 2 aromatic heterocycles. The van der Waals surface area contributed by atoms with Gasteiger partial charge in [-0.2, -0.15) is 0 Å². The maximum Gasteiger partial charge on any atom is 0.160 e. The highest BCUT2D eigenvalue weighted by molar-refractivity contribution is 9.10. The second-order valence-electron chi connectivity index (χ2n) is 4.80. The number of alkyl halides is 1. The maximum atomic E-state index is 6.28. The van der Waals surface area contributed by atoms with Crippen LogP contribution in [0.25, 0.3) is 11.2 Å². The van der Waals surface area contributed by atoms with Gasteiger partial charge < -0.3 is 9.30 Å². The van der Waals surface area contributed by atoms with Crippen molar-refractivity contribution in [3.05, 3.63) is 22.6 Å². The van der Waals surface area contributed by atoms with Crippen LogP contribution in [-0.4, -0.2) is 27.7 Å². The molecule has 4 nitrogen and oxygen atoms in total. The van der Waals surface area contributed by atoms with Crippen LogP contribution in [0.2, 0.25) is 0 Å². The number of ether oxygens (including phenoxy) is 1. The second kappa shape index (κ2) is 5.38. The lowest BCUT2D eigenvalue weighted by atomic mass is 10.1. The molecule has 0 bridgehead atoms. The Hall–Kier alpha value is -0.650. The van der Waals surface area contributed by atoms with Crippen molar-refractivity contribution in [1.29, 1.82) is 0 Å². The first-order valence-electron chi connectivity index (χ1n) is 6.42. The van der Waals surface area contributed by atoms with Crippen molar-refractivity contribution in [2.75, 3.05) is 13.2 Å². The summed E-state index contributed by atoms with van der Waals surface area (Å²) in [6.45, 7) is 3.53. The van der Waals surface area contributed by atoms with Gasteiger partial charge in [-0.1, -0.05) is 0 Å². The number of hydrogen-bond donors (Lipinski definition) is 0. The van der Waals surface area contributed by atoms with Crippen LogP contribution in [-0.2, 0) is 4.74 Å². The van der Waals surface area contributed by atoms with Crippen LogP contribution in [0, 0.1) is 0 Å². The standard InChI is InChI=1S/C13H15BrClN3O/c1-8(15)12-17-11-6-9(14)7-16-13(11)18(12)10-2-4-19-5-3-10/h6-8,10H,2-5H2,1H3. The smallest absolute Gasteiger partial charge is 0.160 e. The molecule has 3 rings (SSSR count). The molecule has 2 aromatic rings. The molecule has 0 aromatic carbocycles. The van der Waals surface area contributed by atoms with E-state index in [9.17, 15) is 0 Å². The Morgan fingerprint density at radius 3 is 2.89 bits per heavy atom. The van der Waals surface area contributed by atoms with E-state index >= 15 is 0 Å². The lowest BCUT2D eigenvalue weighted by Gasteiger charge is -2.25. The molecule has 3 heterocycles. The van der Waals surface area contributed by atoms with Crippen molar-refractivity contribution < 1.29 is 4.74 Å². The molecule has 0 radical (unpaired) electrons. The fraction of sp³-hybridized carbons (Fsp3) is 0.538. The molecule has 6 heteroatoms. The molecule has 0 saturated carbocycles. The predicted molar refractivity (Wildman–Crippen MR) is 78.6 cm³/mol. The average molecular weight is 345 g/mol. The van der Waals surface area contributed by atoms with Crippen LogP contribution >= 0.6 is 27.5 Å². The Kier molecular flexibility index (Phi) is 3.78. The summed E-state index contributed by atoms with van der Waals surface area (Å²) in [6, 6.07) is 2.37. The summed E-state index contributed by atoms with van der Waals surface area (Å²) < 4.78 is 8.57. The minimum atomic E-state index is -0.129. The number of halogens is 2. The molecule has 1 fully saturated rings. The zero-order valence-corrected chi connectivity index (χ0v) is 13.0. The predicted octanol–water partition coefficient (Wildman–Crippen LogP) is 3.85. The molecular weight excluding hydrogens is 330 g/mol. The van der Waals surface area contributed by atoms with Gasteiger partial charge in [-0.15, -0.1) is 11.6 Å². The van der Waals surface area contributed by atoms with E-state index in [4.69, 9.17) is 16.3 Å². The van der Waals surface area contributed by atoms with Crippen molar-refractivity contribution in [3.63, 3.8) is 0 Å². The summed E-state index contributed by atoms with van der Waals surface area (Å²) in [5, 5.41) is -0.129. The van der Waals surface area contributed by atoms with Gasteiger partial charge in [0.15, 0.2) is 5.65 Å². The zero-order chi connectivity index (χ0) is 13.4. The lowest BCUT2D eigenvalue weighted by Crippen LogP contribution is -2.21. The third-order valence-corrected chi connectivity index (χ3v) is 4.06. The van der Waals surface area contributed by atoms with Crippen LogP contribution in [0.3, 0.4) is 0 Å². The number of aromatic nitrogens is 3. The minimum Gasteiger partial charge on any atom is -0.381 e. The van der Waals surface area contributed by atoms with Crippen molar-refractivity contribution >= 4 is 38.7 Å². The molecule has 0 N–H and O–H groups in total. The quantitative estimate of drug-likeness (QED) is 0.777. The summed E-state index contributed by atoms with van der Waals surface area (Å²) in [4.78, 5) is 9.16. The number of rotatable bonds is 2. The monoisotopic (exact) mass is 343 g/mol. The van der Waals surface area contributed by atoms with Gasteiger partial charge >= 0.3 is 0 Å². The molecule has 1 unspecified atom stereocenters. The third-order valence-electron chi connectivity index (χ3n) is 3.44. The van der Waals surface area contributed by atoms with Gasteiger partial charge in [0.25, 0.3) is 0 Å². The first-order valence-corrected chi connectivity index (χ1v) is 7.65. The zero-order valence-electron chi connectivity index (χ0n) is 10.6. The van der Waals surface area contributed by atoms with E-state index < -0.39 is 0 Å². The maximum absolute atomic E-state index is 6.28. The van der Waals surface area contributed by atoms with E-state index in [1.807, 2.05) is 19.2 Å². The van der Waals surface area contributed by atoms with Gasteiger partial charge in [0.05, 0.1) is 5.38 Å². The van der Waals surface area contributed by atoms with E-state index in [1.54, 1.807) is 0 Å². The summed E-state index contributed by atoms with van der Waals surface area (Å²) in [5.74, 6) is 0.897. The lowest BCUT2D eigenvalue weighted by molar-refractivity contribution is 0.0697. The molecule has 0 amide bonds. The van der Waals surface area contributed by atoms with Crippen molar-refractivity contribution in [1.82, 2.24) is 14.5 Å². The molecule has 0 spiro atoms. The fourth-order valence-electron chi connectivity index (χ4n) is 2.56. The normalized spacial score (nSPS) is 18.9. The molecule has 1 aliphatic heterocycles. The Morgan fingerprint density at radius 1 is 1.47 bits per heavy atom. The largest absolute Gasteiger partial charge is 0.381 e. The minimum absolute atomic E-state index is 0.129. The van der Waals surface area contributed by atoms with Crippen LogP contribution in [0.1, 0.15) is 37.0 Å². The summed E-state index contributed by atoms with van der Waals surface area (Å²) in [5.41, 5.74) is 1.81. The van der Waals surface area contributed by atoms with Gasteiger partial charge in [-0.05, 0) is 41.8 Å². The molecule has 1 saturated heterocycles. The van der Waals surface area contributed by atoms with E-state index in [2.05, 4.69) is 30.5 Å². The summed E-state index contributed by atoms with van der Waals surface area (Å²) >= 11 is 9.72. The average Bonchev–Trinajstić information content (AvgIpc) is 2.78. The van der Waals surface area contributed by atoms with Gasteiger partial charge in [0.2, 0.25) is 0 Å². The molecule has 1 atom stereocenters. The van der Waals surface area contributed by atoms with Gasteiger partial charge in [-0.3, -0.25) is 0 Å². The van der Waals surface area contributed by atoms with Crippen molar-refractivity contribution in [3.8, 4) is 0 Å². The number of hydrogen-bond acceptors (Lipinski definition) is 3. The first kappa shape index (κ1) is 13.3. The summed E-state index contributed by atoms with van der Waals surface area (Å²) in [6.07, 6.45) is 3.78. The molecular formula is C13H15BrClN3O.